The van der Waals surface area contributed by atoms with E-state index < -0.39 is 6.72 Å². The maximum Gasteiger partial charge on any atom is 0.381 e. The Balaban J connectivity index is 0.00000191. The van der Waals surface area contributed by atoms with Crippen LogP contribution in [0.1, 0.15) is 39.4 Å². The van der Waals surface area contributed by atoms with Crippen LogP contribution in [0.5, 0.6) is 5.88 Å². The number of rotatable bonds is 7. The third-order valence-corrected chi connectivity index (χ3v) is 4.70. The van der Waals surface area contributed by atoms with E-state index in [4.69, 9.17) is 47.5 Å². The van der Waals surface area contributed by atoms with Gasteiger partial charge in [0.25, 0.3) is 0 Å². The van der Waals surface area contributed by atoms with E-state index in [1.807, 2.05) is 27.7 Å². The van der Waals surface area contributed by atoms with Gasteiger partial charge in [-0.25, -0.2) is 4.98 Å². The molecule has 1 aromatic rings. The highest BCUT2D eigenvalue weighted by Crippen LogP contribution is 2.49. The van der Waals surface area contributed by atoms with Crippen molar-refractivity contribution in [2.75, 3.05) is 13.2 Å². The highest BCUT2D eigenvalue weighted by Gasteiger charge is 2.22. The van der Waals surface area contributed by atoms with Gasteiger partial charge in [-0.15, -0.1) is 0 Å². The number of nitrogens with zero attached hydrogens (tertiary/aromatic N) is 1. The molecule has 1 heterocycles. The minimum absolute atomic E-state index is 0.210. The largest absolute Gasteiger partial charge is 0.408 e. The molecule has 0 spiro atoms. The van der Waals surface area contributed by atoms with Crippen LogP contribution < -0.4 is 4.52 Å². The van der Waals surface area contributed by atoms with Gasteiger partial charge < -0.3 is 9.51 Å². The van der Waals surface area contributed by atoms with Gasteiger partial charge in [-0.3, -0.25) is 9.05 Å². The van der Waals surface area contributed by atoms with E-state index in [0.717, 1.165) is 5.82 Å². The standard InChI is InChI=1S/C11H19N2O3PS2.O2/c1-5-14-17(19,15-6-2)16-9-7-10(18)13-11(12-9)8(3)4;1-2/h7-8H,5-6H2,1-4H3,(H,12,13,18);. The second kappa shape index (κ2) is 10.1. The molecule has 0 bridgehead atoms. The van der Waals surface area contributed by atoms with Gasteiger partial charge >= 0.3 is 6.72 Å². The number of aromatic amines is 1. The van der Waals surface area contributed by atoms with Crippen LogP contribution in [0, 0.1) is 14.6 Å². The molecule has 0 radical (unpaired) electrons. The van der Waals surface area contributed by atoms with Gasteiger partial charge in [0.15, 0.2) is 0 Å². The van der Waals surface area contributed by atoms with Crippen molar-refractivity contribution in [1.82, 2.24) is 9.97 Å². The van der Waals surface area contributed by atoms with Crippen molar-refractivity contribution < 1.29 is 13.6 Å². The second-order valence-electron chi connectivity index (χ2n) is 4.00. The predicted molar refractivity (Wildman–Crippen MR) is 88.4 cm³/mol. The Labute approximate surface area is 133 Å². The van der Waals surface area contributed by atoms with E-state index in [2.05, 4.69) is 9.97 Å². The predicted octanol–water partition coefficient (Wildman–Crippen LogP) is 4.01. The first-order valence-corrected chi connectivity index (χ1v) is 9.23. The van der Waals surface area contributed by atoms with Crippen LogP contribution in [0.3, 0.4) is 0 Å². The van der Waals surface area contributed by atoms with Gasteiger partial charge in [0, 0.05) is 33.7 Å². The van der Waals surface area contributed by atoms with Crippen LogP contribution in [0.25, 0.3) is 0 Å². The molecule has 0 fully saturated rings. The maximum atomic E-state index is 7.00. The zero-order chi connectivity index (χ0) is 16.5. The third kappa shape index (κ3) is 7.19. The summed E-state index contributed by atoms with van der Waals surface area (Å²) >= 11 is 10.4. The summed E-state index contributed by atoms with van der Waals surface area (Å²) in [6.07, 6.45) is 0. The molecule has 7 nitrogen and oxygen atoms in total. The Hall–Kier alpha value is -0.730. The summed E-state index contributed by atoms with van der Waals surface area (Å²) in [5, 5.41) is 0. The minimum atomic E-state index is -2.78. The van der Waals surface area contributed by atoms with Crippen molar-refractivity contribution in [3.8, 4) is 5.88 Å². The fraction of sp³-hybridized carbons (Fsp3) is 0.636. The van der Waals surface area contributed by atoms with E-state index in [-0.39, 0.29) is 5.92 Å². The molecular formula is C11H19N2O5PS2. The monoisotopic (exact) mass is 354 g/mol. The van der Waals surface area contributed by atoms with Gasteiger partial charge in [-0.1, -0.05) is 26.1 Å². The Bertz CT molecular complexity index is 528. The van der Waals surface area contributed by atoms with Crippen molar-refractivity contribution in [1.29, 1.82) is 0 Å². The zero-order valence-corrected chi connectivity index (χ0v) is 14.8. The number of hydrogen-bond donors (Lipinski definition) is 1. The molecule has 0 aliphatic carbocycles. The maximum absolute atomic E-state index is 7.00. The summed E-state index contributed by atoms with van der Waals surface area (Å²) in [6, 6.07) is 1.61. The Morgan fingerprint density at radius 1 is 1.29 bits per heavy atom. The normalized spacial score (nSPS) is 10.9. The van der Waals surface area contributed by atoms with Crippen LogP contribution in [-0.2, 0) is 20.9 Å². The van der Waals surface area contributed by atoms with E-state index in [1.165, 1.54) is 0 Å². The first kappa shape index (κ1) is 20.3. The molecule has 1 N–H and O–H groups in total. The molecule has 1 aromatic heterocycles. The Kier molecular flexibility index (Phi) is 9.72. The van der Waals surface area contributed by atoms with E-state index >= 15 is 0 Å². The number of H-pyrrole nitrogens is 1. The SMILES string of the molecule is CCOP(=S)(OCC)Oc1cc(=S)nc(C(C)C)[nH]1.O=O. The lowest BCUT2D eigenvalue weighted by atomic mass is 10.2. The number of nitrogens with one attached hydrogen (secondary N) is 1. The molecule has 0 saturated carbocycles. The van der Waals surface area contributed by atoms with Crippen LogP contribution in [0.4, 0.5) is 0 Å². The summed E-state index contributed by atoms with van der Waals surface area (Å²) in [4.78, 5) is 21.3. The van der Waals surface area contributed by atoms with E-state index in [0.29, 0.717) is 23.7 Å². The summed E-state index contributed by atoms with van der Waals surface area (Å²) in [5.74, 6) is 1.40. The molecule has 0 atom stereocenters. The quantitative estimate of drug-likeness (QED) is 0.580. The summed E-state index contributed by atoms with van der Waals surface area (Å²) in [7, 11) is 0. The van der Waals surface area contributed by atoms with Gasteiger partial charge in [0.05, 0.1) is 13.2 Å². The average Bonchev–Trinajstić information content (AvgIpc) is 2.40. The van der Waals surface area contributed by atoms with Gasteiger partial charge in [0.2, 0.25) is 5.88 Å². The van der Waals surface area contributed by atoms with Crippen molar-refractivity contribution in [2.24, 2.45) is 0 Å². The summed E-state index contributed by atoms with van der Waals surface area (Å²) in [5.41, 5.74) is 0. The van der Waals surface area contributed by atoms with Crippen molar-refractivity contribution in [2.45, 2.75) is 33.6 Å². The van der Waals surface area contributed by atoms with E-state index in [1.54, 1.807) is 6.07 Å². The topological polar surface area (TPSA) is 90.5 Å². The number of hydrogen-bond acceptors (Lipinski definition) is 8. The fourth-order valence-corrected chi connectivity index (χ4v) is 3.53. The fourth-order valence-electron chi connectivity index (χ4n) is 1.30. The number of aromatic nitrogens is 2. The van der Waals surface area contributed by atoms with Crippen molar-refractivity contribution in [3.63, 3.8) is 0 Å². The Morgan fingerprint density at radius 3 is 2.24 bits per heavy atom. The average molecular weight is 354 g/mol. The van der Waals surface area contributed by atoms with Gasteiger partial charge in [-0.05, 0) is 13.8 Å². The molecule has 0 amide bonds. The lowest BCUT2D eigenvalue weighted by molar-refractivity contribution is 0.215. The summed E-state index contributed by atoms with van der Waals surface area (Å²) < 4.78 is 17.0. The summed E-state index contributed by atoms with van der Waals surface area (Å²) in [6.45, 7) is 5.79. The van der Waals surface area contributed by atoms with Gasteiger partial charge in [-0.2, -0.15) is 0 Å². The first-order chi connectivity index (χ1) is 9.90. The van der Waals surface area contributed by atoms with Crippen LogP contribution >= 0.6 is 18.9 Å². The molecular weight excluding hydrogens is 335 g/mol. The van der Waals surface area contributed by atoms with Crippen LogP contribution in [0.15, 0.2) is 6.07 Å². The highest BCUT2D eigenvalue weighted by molar-refractivity contribution is 8.07. The molecule has 21 heavy (non-hydrogen) atoms. The highest BCUT2D eigenvalue weighted by atomic mass is 32.5. The molecule has 0 aromatic carbocycles. The Morgan fingerprint density at radius 2 is 1.81 bits per heavy atom. The van der Waals surface area contributed by atoms with Crippen molar-refractivity contribution in [3.05, 3.63) is 26.5 Å². The zero-order valence-electron chi connectivity index (χ0n) is 12.3. The second-order valence-corrected chi connectivity index (χ2v) is 7.35. The third-order valence-electron chi connectivity index (χ3n) is 2.07. The van der Waals surface area contributed by atoms with Crippen molar-refractivity contribution >= 4 is 30.7 Å². The molecule has 0 unspecified atom stereocenters. The lowest BCUT2D eigenvalue weighted by Crippen LogP contribution is -2.05. The smallest absolute Gasteiger partial charge is 0.381 e. The van der Waals surface area contributed by atoms with Gasteiger partial charge in [0.1, 0.15) is 10.5 Å². The van der Waals surface area contributed by atoms with E-state index in [9.17, 15) is 0 Å². The molecule has 10 heteroatoms. The minimum Gasteiger partial charge on any atom is -0.408 e. The molecule has 1 rings (SSSR count). The molecule has 0 aliphatic rings. The first-order valence-electron chi connectivity index (χ1n) is 6.26. The van der Waals surface area contributed by atoms with Crippen LogP contribution in [-0.4, -0.2) is 23.2 Å². The molecule has 0 saturated heterocycles. The van der Waals surface area contributed by atoms with Crippen LogP contribution in [0.2, 0.25) is 0 Å². The molecule has 120 valence electrons. The molecule has 0 aliphatic heterocycles. The lowest BCUT2D eigenvalue weighted by Gasteiger charge is -2.21.